The van der Waals surface area contributed by atoms with E-state index in [2.05, 4.69) is 38.7 Å². The van der Waals surface area contributed by atoms with Crippen LogP contribution >= 0.6 is 0 Å². The summed E-state index contributed by atoms with van der Waals surface area (Å²) in [5.74, 6) is 2.26. The van der Waals surface area contributed by atoms with Crippen molar-refractivity contribution in [3.63, 3.8) is 0 Å². The molecule has 2 N–H and O–H groups in total. The summed E-state index contributed by atoms with van der Waals surface area (Å²) < 4.78 is 0. The first-order valence-corrected chi connectivity index (χ1v) is 11.5. The Labute approximate surface area is 173 Å². The van der Waals surface area contributed by atoms with Gasteiger partial charge in [0.15, 0.2) is 0 Å². The summed E-state index contributed by atoms with van der Waals surface area (Å²) >= 11 is 0. The van der Waals surface area contributed by atoms with Gasteiger partial charge in [-0.15, -0.1) is 0 Å². The van der Waals surface area contributed by atoms with E-state index in [4.69, 9.17) is 0 Å². The van der Waals surface area contributed by atoms with Gasteiger partial charge in [0.25, 0.3) is 0 Å². The van der Waals surface area contributed by atoms with Gasteiger partial charge in [-0.1, -0.05) is 62.6 Å². The fourth-order valence-electron chi connectivity index (χ4n) is 5.87. The van der Waals surface area contributed by atoms with Gasteiger partial charge in [0, 0.05) is 0 Å². The van der Waals surface area contributed by atoms with Crippen LogP contribution in [0.15, 0.2) is 36.0 Å². The normalized spacial score (nSPS) is 31.9. The van der Waals surface area contributed by atoms with Gasteiger partial charge in [-0.25, -0.2) is 0 Å². The summed E-state index contributed by atoms with van der Waals surface area (Å²) in [6, 6.07) is 0. The first-order chi connectivity index (χ1) is 13.0. The first-order valence-electron chi connectivity index (χ1n) is 11.5. The van der Waals surface area contributed by atoms with Crippen LogP contribution in [0.4, 0.5) is 0 Å². The number of hydrogen-bond acceptors (Lipinski definition) is 2. The van der Waals surface area contributed by atoms with Crippen molar-refractivity contribution in [3.05, 3.63) is 36.0 Å². The highest BCUT2D eigenvalue weighted by atomic mass is 16.3. The molecule has 2 aliphatic carbocycles. The van der Waals surface area contributed by atoms with Crippen molar-refractivity contribution in [3.8, 4) is 0 Å². The second-order valence-electron chi connectivity index (χ2n) is 10.5. The maximum absolute atomic E-state index is 10.0. The van der Waals surface area contributed by atoms with Gasteiger partial charge in [-0.2, -0.15) is 0 Å². The summed E-state index contributed by atoms with van der Waals surface area (Å²) in [5.41, 5.74) is 2.36. The molecule has 5 atom stereocenters. The molecule has 0 spiro atoms. The average Bonchev–Trinajstić information content (AvgIpc) is 2.94. The lowest BCUT2D eigenvalue weighted by Gasteiger charge is -2.44. The van der Waals surface area contributed by atoms with Crippen molar-refractivity contribution in [2.24, 2.45) is 23.2 Å². The van der Waals surface area contributed by atoms with Crippen molar-refractivity contribution < 1.29 is 10.2 Å². The molecule has 2 saturated carbocycles. The lowest BCUT2D eigenvalue weighted by molar-refractivity contribution is 0.0597. The van der Waals surface area contributed by atoms with Gasteiger partial charge >= 0.3 is 0 Å². The Kier molecular flexibility index (Phi) is 8.16. The van der Waals surface area contributed by atoms with Gasteiger partial charge in [-0.05, 0) is 88.9 Å². The van der Waals surface area contributed by atoms with E-state index in [-0.39, 0.29) is 0 Å². The zero-order chi connectivity index (χ0) is 20.9. The van der Waals surface area contributed by atoms with Crippen LogP contribution in [0.3, 0.4) is 0 Å². The Morgan fingerprint density at radius 2 is 2.07 bits per heavy atom. The lowest BCUT2D eigenvalue weighted by atomic mass is 9.60. The van der Waals surface area contributed by atoms with E-state index in [1.807, 2.05) is 20.8 Å². The molecule has 0 bridgehead atoms. The molecular formula is C26H44O2. The van der Waals surface area contributed by atoms with Gasteiger partial charge in [-0.3, -0.25) is 0 Å². The molecule has 0 aliphatic heterocycles. The highest BCUT2D eigenvalue weighted by Gasteiger charge is 2.50. The SMILES string of the molecule is C=C(C)[C@H](O)C/C=C\C=C1/CCC[C@@]2(C)C1CCC2[C@H](C)CCCC(C)(C)O. The van der Waals surface area contributed by atoms with Crippen LogP contribution in [0.1, 0.15) is 92.4 Å². The number of rotatable bonds is 9. The zero-order valence-corrected chi connectivity index (χ0v) is 19.0. The van der Waals surface area contributed by atoms with Crippen LogP contribution in [0, 0.1) is 23.2 Å². The van der Waals surface area contributed by atoms with E-state index < -0.39 is 11.7 Å². The molecule has 2 nitrogen and oxygen atoms in total. The molecule has 2 heteroatoms. The standard InChI is InChI=1S/C26H44O2/c1-19(2)24(27)14-8-7-12-21-13-10-18-26(6)22(15-16-23(21)26)20(3)11-9-17-25(4,5)28/h7-8,12,20,22-24,27-28H,1,9-11,13-18H2,2-6H3/b8-7-,21-12+/t20-,22?,23?,24-,26-/m1/s1. The number of hydrogen-bond donors (Lipinski definition) is 2. The monoisotopic (exact) mass is 388 g/mol. The maximum atomic E-state index is 10.0. The minimum Gasteiger partial charge on any atom is -0.390 e. The average molecular weight is 389 g/mol. The predicted octanol–water partition coefficient (Wildman–Crippen LogP) is 6.59. The Morgan fingerprint density at radius 1 is 1.36 bits per heavy atom. The molecule has 0 aromatic carbocycles. The van der Waals surface area contributed by atoms with E-state index in [9.17, 15) is 10.2 Å². The van der Waals surface area contributed by atoms with Crippen LogP contribution in [-0.2, 0) is 0 Å². The number of allylic oxidation sites excluding steroid dienone is 3. The van der Waals surface area contributed by atoms with E-state index in [0.29, 0.717) is 11.8 Å². The maximum Gasteiger partial charge on any atom is 0.0779 e. The molecule has 0 amide bonds. The molecule has 2 aliphatic rings. The molecule has 0 aromatic heterocycles. The fourth-order valence-corrected chi connectivity index (χ4v) is 5.87. The van der Waals surface area contributed by atoms with Gasteiger partial charge in [0.2, 0.25) is 0 Å². The molecule has 0 aromatic rings. The van der Waals surface area contributed by atoms with E-state index >= 15 is 0 Å². The largest absolute Gasteiger partial charge is 0.390 e. The summed E-state index contributed by atoms with van der Waals surface area (Å²) in [6.07, 6.45) is 16.6. The van der Waals surface area contributed by atoms with Crippen LogP contribution in [-0.4, -0.2) is 21.9 Å². The predicted molar refractivity (Wildman–Crippen MR) is 120 cm³/mol. The van der Waals surface area contributed by atoms with Crippen molar-refractivity contribution >= 4 is 0 Å². The lowest BCUT2D eigenvalue weighted by Crippen LogP contribution is -2.36. The minimum absolute atomic E-state index is 0.424. The van der Waals surface area contributed by atoms with Gasteiger partial charge in [0.1, 0.15) is 0 Å². The molecule has 0 heterocycles. The fraction of sp³-hybridized carbons (Fsp3) is 0.769. The van der Waals surface area contributed by atoms with Gasteiger partial charge in [0.05, 0.1) is 11.7 Å². The highest BCUT2D eigenvalue weighted by Crippen LogP contribution is 2.59. The minimum atomic E-state index is -0.535. The van der Waals surface area contributed by atoms with Crippen molar-refractivity contribution in [2.45, 2.75) is 104 Å². The Balaban J connectivity index is 1.98. The third-order valence-electron chi connectivity index (χ3n) is 7.55. The van der Waals surface area contributed by atoms with Crippen molar-refractivity contribution in [1.29, 1.82) is 0 Å². The number of fused-ring (bicyclic) bond motifs is 1. The Bertz CT molecular complexity index is 580. The van der Waals surface area contributed by atoms with Crippen molar-refractivity contribution in [1.82, 2.24) is 0 Å². The molecule has 0 radical (unpaired) electrons. The third kappa shape index (κ3) is 6.07. The van der Waals surface area contributed by atoms with E-state index in [0.717, 1.165) is 36.2 Å². The quantitative estimate of drug-likeness (QED) is 0.437. The number of aliphatic hydroxyl groups is 2. The molecule has 0 saturated heterocycles. The van der Waals surface area contributed by atoms with E-state index in [1.54, 1.807) is 5.57 Å². The third-order valence-corrected chi connectivity index (χ3v) is 7.55. The first kappa shape index (κ1) is 23.4. The second-order valence-corrected chi connectivity index (χ2v) is 10.5. The summed E-state index contributed by atoms with van der Waals surface area (Å²) in [7, 11) is 0. The molecular weight excluding hydrogens is 344 g/mol. The Morgan fingerprint density at radius 3 is 2.71 bits per heavy atom. The van der Waals surface area contributed by atoms with E-state index in [1.165, 1.54) is 38.5 Å². The summed E-state index contributed by atoms with van der Waals surface area (Å²) in [5, 5.41) is 19.9. The second kappa shape index (κ2) is 9.76. The van der Waals surface area contributed by atoms with Gasteiger partial charge < -0.3 is 10.2 Å². The number of aliphatic hydroxyl groups excluding tert-OH is 1. The molecule has 160 valence electrons. The smallest absolute Gasteiger partial charge is 0.0779 e. The summed E-state index contributed by atoms with van der Waals surface area (Å²) in [4.78, 5) is 0. The van der Waals surface area contributed by atoms with Crippen LogP contribution in [0.2, 0.25) is 0 Å². The molecule has 2 fully saturated rings. The van der Waals surface area contributed by atoms with Crippen LogP contribution < -0.4 is 0 Å². The van der Waals surface area contributed by atoms with Crippen LogP contribution in [0.5, 0.6) is 0 Å². The topological polar surface area (TPSA) is 40.5 Å². The van der Waals surface area contributed by atoms with Crippen molar-refractivity contribution in [2.75, 3.05) is 0 Å². The zero-order valence-electron chi connectivity index (χ0n) is 19.0. The molecule has 2 rings (SSSR count). The highest BCUT2D eigenvalue weighted by molar-refractivity contribution is 5.23. The molecule has 2 unspecified atom stereocenters. The summed E-state index contributed by atoms with van der Waals surface area (Å²) in [6.45, 7) is 14.5. The Hall–Kier alpha value is -0.860. The molecule has 28 heavy (non-hydrogen) atoms. The van der Waals surface area contributed by atoms with Crippen LogP contribution in [0.25, 0.3) is 0 Å².